The van der Waals surface area contributed by atoms with Crippen molar-refractivity contribution in [3.05, 3.63) is 29.8 Å². The maximum Gasteiger partial charge on any atom is 0.136 e. The molecule has 0 bridgehead atoms. The first-order chi connectivity index (χ1) is 6.88. The first-order valence-electron chi connectivity index (χ1n) is 4.69. The highest BCUT2D eigenvalue weighted by molar-refractivity contribution is 5.58. The van der Waals surface area contributed by atoms with Crippen molar-refractivity contribution in [3.63, 3.8) is 0 Å². The van der Waals surface area contributed by atoms with E-state index < -0.39 is 0 Å². The number of hydrogen-bond acceptors (Lipinski definition) is 3. The smallest absolute Gasteiger partial charge is 0.136 e. The summed E-state index contributed by atoms with van der Waals surface area (Å²) in [5.41, 5.74) is 1.25. The van der Waals surface area contributed by atoms with Crippen molar-refractivity contribution < 1.29 is 9.57 Å². The van der Waals surface area contributed by atoms with Gasteiger partial charge in [0.2, 0.25) is 0 Å². The van der Waals surface area contributed by atoms with Crippen LogP contribution in [0.15, 0.2) is 29.4 Å². The van der Waals surface area contributed by atoms with Gasteiger partial charge < -0.3 is 9.57 Å². The van der Waals surface area contributed by atoms with Crippen molar-refractivity contribution in [2.75, 3.05) is 7.11 Å². The molecule has 1 unspecified atom stereocenters. The topological polar surface area (TPSA) is 30.8 Å². The Labute approximate surface area is 83.3 Å². The van der Waals surface area contributed by atoms with Crippen molar-refractivity contribution in [2.45, 2.75) is 18.9 Å². The lowest BCUT2D eigenvalue weighted by atomic mass is 10.1. The minimum atomic E-state index is 0.211. The van der Waals surface area contributed by atoms with E-state index in [0.29, 0.717) is 0 Å². The molecule has 0 saturated heterocycles. The van der Waals surface area contributed by atoms with E-state index in [2.05, 4.69) is 17.3 Å². The lowest BCUT2D eigenvalue weighted by Gasteiger charge is -2.08. The van der Waals surface area contributed by atoms with Crippen LogP contribution in [0, 0.1) is 0 Å². The van der Waals surface area contributed by atoms with Crippen molar-refractivity contribution in [2.24, 2.45) is 5.16 Å². The summed E-state index contributed by atoms with van der Waals surface area (Å²) in [5, 5.41) is 3.74. The maximum atomic E-state index is 5.15. The summed E-state index contributed by atoms with van der Waals surface area (Å²) in [5.74, 6) is 0.886. The maximum absolute atomic E-state index is 5.15. The van der Waals surface area contributed by atoms with Gasteiger partial charge in [0.25, 0.3) is 0 Å². The van der Waals surface area contributed by atoms with Crippen LogP contribution in [0.5, 0.6) is 5.75 Å². The van der Waals surface area contributed by atoms with Gasteiger partial charge in [-0.15, -0.1) is 0 Å². The molecule has 14 heavy (non-hydrogen) atoms. The normalized spacial score (nSPS) is 19.4. The third kappa shape index (κ3) is 2.05. The van der Waals surface area contributed by atoms with Crippen LogP contribution in [0.3, 0.4) is 0 Å². The second kappa shape index (κ2) is 4.13. The lowest BCUT2D eigenvalue weighted by Crippen LogP contribution is -2.08. The number of nitrogens with zero attached hydrogens (tertiary/aromatic N) is 1. The third-order valence-corrected chi connectivity index (χ3v) is 2.28. The average Bonchev–Trinajstić information content (AvgIpc) is 2.72. The van der Waals surface area contributed by atoms with Gasteiger partial charge in [-0.3, -0.25) is 0 Å². The van der Waals surface area contributed by atoms with Gasteiger partial charge in [0.05, 0.1) is 7.11 Å². The Morgan fingerprint density at radius 2 is 2.21 bits per heavy atom. The summed E-state index contributed by atoms with van der Waals surface area (Å²) in [6.07, 6.45) is 3.84. The Morgan fingerprint density at radius 3 is 2.79 bits per heavy atom. The third-order valence-electron chi connectivity index (χ3n) is 2.28. The Balaban J connectivity index is 1.96. The molecule has 0 amide bonds. The number of ether oxygens (including phenoxy) is 1. The van der Waals surface area contributed by atoms with Gasteiger partial charge in [0.1, 0.15) is 11.9 Å². The largest absolute Gasteiger partial charge is 0.497 e. The van der Waals surface area contributed by atoms with E-state index in [0.717, 1.165) is 18.6 Å². The molecule has 74 valence electrons. The molecule has 0 spiro atoms. The van der Waals surface area contributed by atoms with E-state index in [9.17, 15) is 0 Å². The molecule has 1 atom stereocenters. The standard InChI is InChI=1S/C11H13NO2/c1-13-10-4-2-9(3-5-10)8-11-6-7-12-14-11/h2-5,7,11H,6,8H2,1H3. The molecule has 0 radical (unpaired) electrons. The van der Waals surface area contributed by atoms with Gasteiger partial charge in [-0.05, 0) is 17.7 Å². The molecule has 0 N–H and O–H groups in total. The molecule has 1 aliphatic rings. The first kappa shape index (κ1) is 9.06. The number of benzene rings is 1. The monoisotopic (exact) mass is 191 g/mol. The van der Waals surface area contributed by atoms with Crippen LogP contribution in [0.4, 0.5) is 0 Å². The van der Waals surface area contributed by atoms with E-state index in [4.69, 9.17) is 9.57 Å². The van der Waals surface area contributed by atoms with Crippen LogP contribution in [-0.2, 0) is 11.3 Å². The van der Waals surface area contributed by atoms with Crippen LogP contribution in [-0.4, -0.2) is 19.4 Å². The molecule has 3 heteroatoms. The SMILES string of the molecule is COc1ccc(CC2CC=NO2)cc1. The number of oxime groups is 1. The zero-order valence-corrected chi connectivity index (χ0v) is 8.14. The summed E-state index contributed by atoms with van der Waals surface area (Å²) < 4.78 is 5.08. The lowest BCUT2D eigenvalue weighted by molar-refractivity contribution is 0.0860. The molecule has 3 nitrogen and oxygen atoms in total. The summed E-state index contributed by atoms with van der Waals surface area (Å²) in [6.45, 7) is 0. The minimum Gasteiger partial charge on any atom is -0.497 e. The van der Waals surface area contributed by atoms with E-state index in [1.807, 2.05) is 18.3 Å². The molecule has 0 aromatic heterocycles. The minimum absolute atomic E-state index is 0.211. The van der Waals surface area contributed by atoms with Crippen LogP contribution in [0.2, 0.25) is 0 Å². The van der Waals surface area contributed by atoms with Gasteiger partial charge in [0, 0.05) is 19.1 Å². The van der Waals surface area contributed by atoms with Crippen molar-refractivity contribution in [3.8, 4) is 5.75 Å². The quantitative estimate of drug-likeness (QED) is 0.731. The van der Waals surface area contributed by atoms with Gasteiger partial charge in [-0.1, -0.05) is 17.3 Å². The fourth-order valence-electron chi connectivity index (χ4n) is 1.48. The molecule has 1 heterocycles. The van der Waals surface area contributed by atoms with E-state index in [1.165, 1.54) is 5.56 Å². The Bertz CT molecular complexity index is 311. The molecule has 2 rings (SSSR count). The van der Waals surface area contributed by atoms with Gasteiger partial charge >= 0.3 is 0 Å². The van der Waals surface area contributed by atoms with Gasteiger partial charge in [0.15, 0.2) is 0 Å². The highest BCUT2D eigenvalue weighted by atomic mass is 16.6. The van der Waals surface area contributed by atoms with Crippen molar-refractivity contribution in [1.82, 2.24) is 0 Å². The summed E-state index contributed by atoms with van der Waals surface area (Å²) >= 11 is 0. The predicted molar refractivity (Wildman–Crippen MR) is 54.7 cm³/mol. The zero-order chi connectivity index (χ0) is 9.80. The summed E-state index contributed by atoms with van der Waals surface area (Å²) in [4.78, 5) is 5.15. The fourth-order valence-corrected chi connectivity index (χ4v) is 1.48. The van der Waals surface area contributed by atoms with Crippen LogP contribution < -0.4 is 4.74 Å². The Hall–Kier alpha value is -1.51. The van der Waals surface area contributed by atoms with E-state index >= 15 is 0 Å². The molecule has 0 saturated carbocycles. The molecule has 1 aromatic rings. The number of hydrogen-bond donors (Lipinski definition) is 0. The highest BCUT2D eigenvalue weighted by Gasteiger charge is 2.13. The second-order valence-corrected chi connectivity index (χ2v) is 3.30. The molecular formula is C11H13NO2. The molecule has 0 aliphatic carbocycles. The van der Waals surface area contributed by atoms with Crippen molar-refractivity contribution in [1.29, 1.82) is 0 Å². The number of rotatable bonds is 3. The van der Waals surface area contributed by atoms with Gasteiger partial charge in [-0.25, -0.2) is 0 Å². The first-order valence-corrected chi connectivity index (χ1v) is 4.69. The van der Waals surface area contributed by atoms with E-state index in [1.54, 1.807) is 7.11 Å². The summed E-state index contributed by atoms with van der Waals surface area (Å²) in [7, 11) is 1.67. The average molecular weight is 191 g/mol. The second-order valence-electron chi connectivity index (χ2n) is 3.30. The summed E-state index contributed by atoms with van der Waals surface area (Å²) in [6, 6.07) is 8.04. The Kier molecular flexibility index (Phi) is 2.68. The van der Waals surface area contributed by atoms with Crippen LogP contribution >= 0.6 is 0 Å². The molecule has 1 aliphatic heterocycles. The van der Waals surface area contributed by atoms with E-state index in [-0.39, 0.29) is 6.10 Å². The van der Waals surface area contributed by atoms with Crippen LogP contribution in [0.25, 0.3) is 0 Å². The highest BCUT2D eigenvalue weighted by Crippen LogP contribution is 2.16. The van der Waals surface area contributed by atoms with Crippen LogP contribution in [0.1, 0.15) is 12.0 Å². The fraction of sp³-hybridized carbons (Fsp3) is 0.364. The predicted octanol–water partition coefficient (Wildman–Crippen LogP) is 2.01. The Morgan fingerprint density at radius 1 is 1.43 bits per heavy atom. The zero-order valence-electron chi connectivity index (χ0n) is 8.14. The molecule has 0 fully saturated rings. The van der Waals surface area contributed by atoms with Gasteiger partial charge in [-0.2, -0.15) is 0 Å². The van der Waals surface area contributed by atoms with Crippen molar-refractivity contribution >= 4 is 6.21 Å². The molecule has 1 aromatic carbocycles. The number of methoxy groups -OCH3 is 1. The molecular weight excluding hydrogens is 178 g/mol.